The summed E-state index contributed by atoms with van der Waals surface area (Å²) < 4.78 is 6.94. The minimum absolute atomic E-state index is 0.0944. The Morgan fingerprint density at radius 2 is 1.49 bits per heavy atom. The molecule has 3 aromatic heterocycles. The fourth-order valence-corrected chi connectivity index (χ4v) is 10.2. The molecule has 2 N–H and O–H groups in total. The highest BCUT2D eigenvalue weighted by atomic mass is 35.5. The number of Topliss-reactive ketones (excluding diaryl/α,β-unsaturated/α-hetero) is 2. The summed E-state index contributed by atoms with van der Waals surface area (Å²) in [5.74, 6) is -0.158. The fraction of sp³-hybridized carbons (Fsp3) is 0.333. The number of ether oxygens (including phenoxy) is 1. The lowest BCUT2D eigenvalue weighted by molar-refractivity contribution is -0.136. The lowest BCUT2D eigenvalue weighted by Gasteiger charge is -2.31. The molecule has 0 saturated carbocycles. The number of hydrogen-bond acceptors (Lipinski definition) is 9. The van der Waals surface area contributed by atoms with Crippen LogP contribution in [0.15, 0.2) is 72.1 Å². The molecule has 4 amide bonds. The Bertz CT molecular complexity index is 2850. The Labute approximate surface area is 372 Å². The number of alkyl halides is 1. The van der Waals surface area contributed by atoms with Crippen molar-refractivity contribution in [2.45, 2.75) is 51.4 Å². The molecule has 0 bridgehead atoms. The lowest BCUT2D eigenvalue weighted by Crippen LogP contribution is -2.48. The lowest BCUT2D eigenvalue weighted by atomic mass is 9.97. The highest BCUT2D eigenvalue weighted by Gasteiger charge is 2.37. The molecular formula is C48H47ClN6O7S. The number of carbonyl (C=O) groups is 6. The van der Waals surface area contributed by atoms with Gasteiger partial charge in [-0.3, -0.25) is 28.9 Å². The fourth-order valence-electron chi connectivity index (χ4n) is 8.96. The summed E-state index contributed by atoms with van der Waals surface area (Å²) in [5, 5.41) is 4.66. The number of fused-ring (bicyclic) bond motifs is 5. The van der Waals surface area contributed by atoms with Crippen LogP contribution in [0, 0.1) is 6.92 Å². The number of nitrogens with one attached hydrogen (secondary N) is 2. The largest absolute Gasteiger partial charge is 0.415 e. The standard InChI is InChI=1S/C48H47ClN6O7S/c1-28-27-63-46-41(62-48(61)53-16-14-52(2)15-17-53)24-39-45(44(28)46)33(25-49)26-55(39)47(60)38-23-32-19-30(8-10-36(32)51-38)21-40(57)37-22-31-18-29(7-9-35(31)50-37)20-34(56)6-4-3-5-13-54-42(58)11-12-43(54)59/h7-12,18-19,22-24,27,33,50-51H,3-6,13-17,20-21,25-26H2,1-2H3/t33-/m1/s1. The third-order valence-electron chi connectivity index (χ3n) is 12.4. The molecule has 6 aromatic rings. The van der Waals surface area contributed by atoms with Crippen LogP contribution in [0.5, 0.6) is 5.75 Å². The van der Waals surface area contributed by atoms with E-state index in [2.05, 4.69) is 14.9 Å². The monoisotopic (exact) mass is 886 g/mol. The maximum Gasteiger partial charge on any atom is 0.415 e. The van der Waals surface area contributed by atoms with E-state index in [4.69, 9.17) is 16.3 Å². The summed E-state index contributed by atoms with van der Waals surface area (Å²) in [4.78, 5) is 90.9. The smallest absolute Gasteiger partial charge is 0.409 e. The first-order valence-corrected chi connectivity index (χ1v) is 22.7. The first-order chi connectivity index (χ1) is 30.4. The van der Waals surface area contributed by atoms with E-state index in [9.17, 15) is 28.8 Å². The minimum atomic E-state index is -0.402. The second-order valence-corrected chi connectivity index (χ2v) is 18.0. The zero-order valence-corrected chi connectivity index (χ0v) is 36.7. The van der Waals surface area contributed by atoms with Crippen molar-refractivity contribution in [2.75, 3.05) is 57.1 Å². The van der Waals surface area contributed by atoms with Crippen molar-refractivity contribution < 1.29 is 33.5 Å². The number of amides is 4. The van der Waals surface area contributed by atoms with Crippen molar-refractivity contribution in [3.8, 4) is 5.75 Å². The molecule has 0 spiro atoms. The number of halogens is 1. The van der Waals surface area contributed by atoms with Crippen LogP contribution in [0.1, 0.15) is 74.8 Å². The Morgan fingerprint density at radius 1 is 0.825 bits per heavy atom. The van der Waals surface area contributed by atoms with Gasteiger partial charge in [-0.2, -0.15) is 0 Å². The highest BCUT2D eigenvalue weighted by Crippen LogP contribution is 2.49. The number of anilines is 1. The number of rotatable bonds is 14. The number of thiophene rings is 1. The molecule has 9 rings (SSSR count). The van der Waals surface area contributed by atoms with E-state index in [-0.39, 0.29) is 48.0 Å². The second-order valence-electron chi connectivity index (χ2n) is 16.9. The third kappa shape index (κ3) is 8.54. The second kappa shape index (κ2) is 17.6. The van der Waals surface area contributed by atoms with Crippen molar-refractivity contribution >= 4 is 95.9 Å². The van der Waals surface area contributed by atoms with Crippen LogP contribution in [0.4, 0.5) is 10.5 Å². The molecule has 3 aliphatic rings. The molecule has 1 fully saturated rings. The molecule has 6 heterocycles. The topological polar surface area (TPSA) is 156 Å². The average molecular weight is 887 g/mol. The van der Waals surface area contributed by atoms with Gasteiger partial charge in [0.1, 0.15) is 11.5 Å². The van der Waals surface area contributed by atoms with Gasteiger partial charge in [-0.05, 0) is 90.8 Å². The quantitative estimate of drug-likeness (QED) is 0.0484. The first-order valence-electron chi connectivity index (χ1n) is 21.3. The number of likely N-dealkylation sites (N-methyl/N-ethyl adjacent to an activating group) is 1. The number of unbranched alkanes of at least 4 members (excludes halogenated alkanes) is 2. The Balaban J connectivity index is 0.856. The van der Waals surface area contributed by atoms with Gasteiger partial charge in [-0.25, -0.2) is 4.79 Å². The molecular weight excluding hydrogens is 840 g/mol. The van der Waals surface area contributed by atoms with Gasteiger partial charge in [0.05, 0.1) is 16.1 Å². The van der Waals surface area contributed by atoms with Crippen LogP contribution in [0.3, 0.4) is 0 Å². The molecule has 13 nitrogen and oxygen atoms in total. The number of piperazine rings is 1. The van der Waals surface area contributed by atoms with Gasteiger partial charge in [-0.15, -0.1) is 22.9 Å². The molecule has 3 aromatic carbocycles. The number of benzene rings is 3. The highest BCUT2D eigenvalue weighted by molar-refractivity contribution is 7.17. The van der Waals surface area contributed by atoms with Crippen molar-refractivity contribution in [3.05, 3.63) is 106 Å². The molecule has 15 heteroatoms. The summed E-state index contributed by atoms with van der Waals surface area (Å²) in [6, 6.07) is 16.8. The normalized spacial score (nSPS) is 16.6. The number of aromatic nitrogens is 2. The van der Waals surface area contributed by atoms with Crippen LogP contribution in [-0.2, 0) is 27.2 Å². The Hall–Kier alpha value is -6.09. The van der Waals surface area contributed by atoms with E-state index in [1.54, 1.807) is 9.80 Å². The van der Waals surface area contributed by atoms with Crippen LogP contribution < -0.4 is 9.64 Å². The minimum Gasteiger partial charge on any atom is -0.409 e. The summed E-state index contributed by atoms with van der Waals surface area (Å²) in [5.41, 5.74) is 6.78. The summed E-state index contributed by atoms with van der Waals surface area (Å²) in [6.07, 6.45) is 5.06. The van der Waals surface area contributed by atoms with E-state index in [1.165, 1.54) is 28.4 Å². The first kappa shape index (κ1) is 42.2. The molecule has 0 unspecified atom stereocenters. The van der Waals surface area contributed by atoms with Crippen LogP contribution in [0.25, 0.3) is 31.9 Å². The number of ketones is 2. The van der Waals surface area contributed by atoms with E-state index >= 15 is 0 Å². The number of imide groups is 1. The number of carbonyl (C=O) groups excluding carboxylic acids is 6. The van der Waals surface area contributed by atoms with Crippen LogP contribution >= 0.6 is 22.9 Å². The van der Waals surface area contributed by atoms with Gasteiger partial charge in [0, 0.05) is 116 Å². The molecule has 0 radical (unpaired) electrons. The Kier molecular flexibility index (Phi) is 11.8. The molecule has 3 aliphatic heterocycles. The van der Waals surface area contributed by atoms with E-state index in [0.717, 1.165) is 73.7 Å². The molecule has 1 atom stereocenters. The average Bonchev–Trinajstić information content (AvgIpc) is 4.11. The van der Waals surface area contributed by atoms with Crippen LogP contribution in [-0.4, -0.2) is 112 Å². The van der Waals surface area contributed by atoms with Gasteiger partial charge in [0.15, 0.2) is 11.5 Å². The number of aromatic amines is 2. The zero-order chi connectivity index (χ0) is 43.9. The summed E-state index contributed by atoms with van der Waals surface area (Å²) in [6.45, 7) is 5.46. The zero-order valence-electron chi connectivity index (χ0n) is 35.1. The number of aryl methyl sites for hydroxylation is 1. The molecule has 0 aliphatic carbocycles. The van der Waals surface area contributed by atoms with E-state index < -0.39 is 6.09 Å². The van der Waals surface area contributed by atoms with Gasteiger partial charge in [-0.1, -0.05) is 18.6 Å². The van der Waals surface area contributed by atoms with Crippen LogP contribution in [0.2, 0.25) is 0 Å². The number of nitrogens with zero attached hydrogens (tertiary/aromatic N) is 4. The maximum absolute atomic E-state index is 14.4. The van der Waals surface area contributed by atoms with Gasteiger partial charge in [0.2, 0.25) is 0 Å². The van der Waals surface area contributed by atoms with Gasteiger partial charge >= 0.3 is 6.09 Å². The van der Waals surface area contributed by atoms with Crippen molar-refractivity contribution in [3.63, 3.8) is 0 Å². The predicted octanol–water partition coefficient (Wildman–Crippen LogP) is 7.92. The van der Waals surface area contributed by atoms with Gasteiger partial charge < -0.3 is 29.4 Å². The predicted molar refractivity (Wildman–Crippen MR) is 244 cm³/mol. The molecule has 324 valence electrons. The summed E-state index contributed by atoms with van der Waals surface area (Å²) >= 11 is 8.09. The molecule has 1 saturated heterocycles. The van der Waals surface area contributed by atoms with Crippen molar-refractivity contribution in [1.82, 2.24) is 24.7 Å². The SMILES string of the molecule is Cc1csc2c(OC(=O)N3CCN(C)CC3)cc3c(c12)[C@H](CCl)CN3C(=O)c1cc2cc(CC(=O)c3cc4cc(CC(=O)CCCCCN5C(=O)C=CC5=O)ccc4[nH]3)ccc2[nH]1. The third-order valence-corrected chi connectivity index (χ3v) is 13.9. The van der Waals surface area contributed by atoms with E-state index in [0.29, 0.717) is 74.1 Å². The summed E-state index contributed by atoms with van der Waals surface area (Å²) in [7, 11) is 2.03. The number of hydrogen-bond donors (Lipinski definition) is 2. The van der Waals surface area contributed by atoms with Crippen molar-refractivity contribution in [1.29, 1.82) is 0 Å². The maximum atomic E-state index is 14.4. The van der Waals surface area contributed by atoms with E-state index in [1.807, 2.05) is 73.9 Å². The number of H-pyrrole nitrogens is 2. The van der Waals surface area contributed by atoms with Gasteiger partial charge in [0.25, 0.3) is 17.7 Å². The molecule has 63 heavy (non-hydrogen) atoms. The Morgan fingerprint density at radius 3 is 2.19 bits per heavy atom. The van der Waals surface area contributed by atoms with Crippen molar-refractivity contribution in [2.24, 2.45) is 0 Å².